The van der Waals surface area contributed by atoms with E-state index in [9.17, 15) is 4.79 Å². The van der Waals surface area contributed by atoms with Gasteiger partial charge in [0, 0.05) is 4.47 Å². The predicted molar refractivity (Wildman–Crippen MR) is 95.4 cm³/mol. The number of esters is 1. The zero-order valence-corrected chi connectivity index (χ0v) is 15.4. The van der Waals surface area contributed by atoms with Crippen LogP contribution in [0.15, 0.2) is 46.9 Å². The number of benzene rings is 2. The topological polar surface area (TPSA) is 35.5 Å². The highest BCUT2D eigenvalue weighted by Gasteiger charge is 2.14. The van der Waals surface area contributed by atoms with Crippen molar-refractivity contribution in [1.29, 1.82) is 0 Å². The standard InChI is InChI=1S/C18H18BrClO3/c1-3-12(2)14-6-4-5-7-16(14)23-18(21)11-22-17-9-8-13(19)10-15(17)20/h4-10,12H,3,11H2,1-2H3. The van der Waals surface area contributed by atoms with Gasteiger partial charge in [-0.15, -0.1) is 0 Å². The van der Waals surface area contributed by atoms with Crippen LogP contribution in [-0.2, 0) is 4.79 Å². The first-order valence-corrected chi connectivity index (χ1v) is 8.55. The zero-order chi connectivity index (χ0) is 16.8. The number of rotatable bonds is 6. The van der Waals surface area contributed by atoms with Gasteiger partial charge < -0.3 is 9.47 Å². The molecule has 0 aliphatic carbocycles. The summed E-state index contributed by atoms with van der Waals surface area (Å²) in [5.74, 6) is 0.889. The minimum atomic E-state index is -0.459. The second-order valence-corrected chi connectivity index (χ2v) is 6.51. The third-order valence-electron chi connectivity index (χ3n) is 3.53. The zero-order valence-electron chi connectivity index (χ0n) is 13.0. The van der Waals surface area contributed by atoms with Gasteiger partial charge in [-0.25, -0.2) is 4.79 Å². The molecular formula is C18H18BrClO3. The van der Waals surface area contributed by atoms with Gasteiger partial charge in [0.25, 0.3) is 0 Å². The van der Waals surface area contributed by atoms with Crippen LogP contribution >= 0.6 is 27.5 Å². The average molecular weight is 398 g/mol. The highest BCUT2D eigenvalue weighted by atomic mass is 79.9. The van der Waals surface area contributed by atoms with Gasteiger partial charge in [0.1, 0.15) is 11.5 Å². The Hall–Kier alpha value is -1.52. The van der Waals surface area contributed by atoms with Crippen LogP contribution in [0, 0.1) is 0 Å². The summed E-state index contributed by atoms with van der Waals surface area (Å²) in [6.07, 6.45) is 0.972. The van der Waals surface area contributed by atoms with Gasteiger partial charge in [-0.3, -0.25) is 0 Å². The van der Waals surface area contributed by atoms with Crippen LogP contribution in [0.1, 0.15) is 31.7 Å². The number of hydrogen-bond donors (Lipinski definition) is 0. The van der Waals surface area contributed by atoms with Crippen molar-refractivity contribution in [2.24, 2.45) is 0 Å². The fourth-order valence-electron chi connectivity index (χ4n) is 2.08. The van der Waals surface area contributed by atoms with E-state index in [2.05, 4.69) is 29.8 Å². The lowest BCUT2D eigenvalue weighted by molar-refractivity contribution is -0.136. The molecule has 2 aromatic rings. The van der Waals surface area contributed by atoms with Crippen LogP contribution < -0.4 is 9.47 Å². The van der Waals surface area contributed by atoms with E-state index in [0.717, 1.165) is 16.5 Å². The Morgan fingerprint density at radius 2 is 1.96 bits per heavy atom. The molecule has 0 aliphatic rings. The maximum Gasteiger partial charge on any atom is 0.349 e. The van der Waals surface area contributed by atoms with Crippen molar-refractivity contribution in [1.82, 2.24) is 0 Å². The second kappa shape index (κ2) is 8.37. The molecule has 0 amide bonds. The monoisotopic (exact) mass is 396 g/mol. The Balaban J connectivity index is 2.00. The summed E-state index contributed by atoms with van der Waals surface area (Å²) in [6, 6.07) is 12.8. The Kier molecular flexibility index (Phi) is 6.48. The average Bonchev–Trinajstić information content (AvgIpc) is 2.54. The molecule has 0 radical (unpaired) electrons. The summed E-state index contributed by atoms with van der Waals surface area (Å²) in [5.41, 5.74) is 1.02. The van der Waals surface area contributed by atoms with Gasteiger partial charge in [0.05, 0.1) is 5.02 Å². The summed E-state index contributed by atoms with van der Waals surface area (Å²) in [7, 11) is 0. The van der Waals surface area contributed by atoms with Gasteiger partial charge in [-0.2, -0.15) is 0 Å². The lowest BCUT2D eigenvalue weighted by Gasteiger charge is -2.15. The fourth-order valence-corrected chi connectivity index (χ4v) is 2.81. The maximum absolute atomic E-state index is 12.0. The highest BCUT2D eigenvalue weighted by Crippen LogP contribution is 2.29. The van der Waals surface area contributed by atoms with E-state index in [0.29, 0.717) is 22.4 Å². The fraction of sp³-hybridized carbons (Fsp3) is 0.278. The Morgan fingerprint density at radius 3 is 2.65 bits per heavy atom. The van der Waals surface area contributed by atoms with Crippen molar-refractivity contribution < 1.29 is 14.3 Å². The van der Waals surface area contributed by atoms with Gasteiger partial charge >= 0.3 is 5.97 Å². The first-order chi connectivity index (χ1) is 11.0. The molecule has 0 bridgehead atoms. The molecule has 23 heavy (non-hydrogen) atoms. The molecule has 3 nitrogen and oxygen atoms in total. The third-order valence-corrected chi connectivity index (χ3v) is 4.31. The molecule has 0 saturated heterocycles. The van der Waals surface area contributed by atoms with Crippen LogP contribution in [0.25, 0.3) is 0 Å². The van der Waals surface area contributed by atoms with Gasteiger partial charge in [0.15, 0.2) is 6.61 Å². The van der Waals surface area contributed by atoms with Crippen LogP contribution in [-0.4, -0.2) is 12.6 Å². The number of hydrogen-bond acceptors (Lipinski definition) is 3. The molecule has 122 valence electrons. The molecular weight excluding hydrogens is 380 g/mol. The van der Waals surface area contributed by atoms with Crippen molar-refractivity contribution in [2.75, 3.05) is 6.61 Å². The van der Waals surface area contributed by atoms with Crippen molar-refractivity contribution in [2.45, 2.75) is 26.2 Å². The van der Waals surface area contributed by atoms with E-state index in [1.165, 1.54) is 0 Å². The van der Waals surface area contributed by atoms with E-state index in [4.69, 9.17) is 21.1 Å². The molecule has 2 aromatic carbocycles. The van der Waals surface area contributed by atoms with E-state index in [1.807, 2.05) is 18.2 Å². The van der Waals surface area contributed by atoms with Gasteiger partial charge in [-0.1, -0.05) is 59.6 Å². The van der Waals surface area contributed by atoms with Crippen molar-refractivity contribution in [3.63, 3.8) is 0 Å². The Labute approximate surface area is 149 Å². The smallest absolute Gasteiger partial charge is 0.349 e. The Morgan fingerprint density at radius 1 is 1.22 bits per heavy atom. The lowest BCUT2D eigenvalue weighted by atomic mass is 9.98. The van der Waals surface area contributed by atoms with E-state index < -0.39 is 5.97 Å². The summed E-state index contributed by atoms with van der Waals surface area (Å²) in [6.45, 7) is 4.00. The molecule has 1 unspecified atom stereocenters. The predicted octanol–water partition coefficient (Wildman–Crippen LogP) is 5.60. The number of carbonyl (C=O) groups is 1. The first-order valence-electron chi connectivity index (χ1n) is 7.38. The Bertz CT molecular complexity index is 688. The van der Waals surface area contributed by atoms with Gasteiger partial charge in [0.2, 0.25) is 0 Å². The third kappa shape index (κ3) is 4.98. The number of carbonyl (C=O) groups excluding carboxylic acids is 1. The van der Waals surface area contributed by atoms with Crippen LogP contribution in [0.5, 0.6) is 11.5 Å². The van der Waals surface area contributed by atoms with Crippen molar-refractivity contribution >= 4 is 33.5 Å². The van der Waals surface area contributed by atoms with E-state index >= 15 is 0 Å². The first kappa shape index (κ1) is 17.8. The summed E-state index contributed by atoms with van der Waals surface area (Å²) in [5, 5.41) is 0.437. The molecule has 0 spiro atoms. The molecule has 1 atom stereocenters. The molecule has 0 heterocycles. The molecule has 0 aromatic heterocycles. The second-order valence-electron chi connectivity index (χ2n) is 5.18. The highest BCUT2D eigenvalue weighted by molar-refractivity contribution is 9.10. The summed E-state index contributed by atoms with van der Waals surface area (Å²) < 4.78 is 11.7. The van der Waals surface area contributed by atoms with Gasteiger partial charge in [-0.05, 0) is 42.2 Å². The molecule has 5 heteroatoms. The van der Waals surface area contributed by atoms with Crippen LogP contribution in [0.2, 0.25) is 5.02 Å². The summed E-state index contributed by atoms with van der Waals surface area (Å²) in [4.78, 5) is 12.0. The quantitative estimate of drug-likeness (QED) is 0.470. The molecule has 0 fully saturated rings. The number of halogens is 2. The van der Waals surface area contributed by atoms with Crippen LogP contribution in [0.3, 0.4) is 0 Å². The molecule has 0 N–H and O–H groups in total. The SMILES string of the molecule is CCC(C)c1ccccc1OC(=O)COc1ccc(Br)cc1Cl. The minimum absolute atomic E-state index is 0.198. The van der Waals surface area contributed by atoms with E-state index in [1.54, 1.807) is 24.3 Å². The lowest BCUT2D eigenvalue weighted by Crippen LogP contribution is -2.18. The minimum Gasteiger partial charge on any atom is -0.480 e. The van der Waals surface area contributed by atoms with Crippen LogP contribution in [0.4, 0.5) is 0 Å². The molecule has 2 rings (SSSR count). The number of ether oxygens (including phenoxy) is 2. The molecule has 0 aliphatic heterocycles. The van der Waals surface area contributed by atoms with E-state index in [-0.39, 0.29) is 6.61 Å². The number of para-hydroxylation sites is 1. The van der Waals surface area contributed by atoms with Crippen molar-refractivity contribution in [3.05, 3.63) is 57.5 Å². The summed E-state index contributed by atoms with van der Waals surface area (Å²) >= 11 is 9.37. The normalized spacial score (nSPS) is 11.8. The molecule has 0 saturated carbocycles. The largest absolute Gasteiger partial charge is 0.480 e. The maximum atomic E-state index is 12.0. The van der Waals surface area contributed by atoms with Crippen molar-refractivity contribution in [3.8, 4) is 11.5 Å².